The van der Waals surface area contributed by atoms with Gasteiger partial charge in [-0.05, 0) is 49.3 Å². The van der Waals surface area contributed by atoms with E-state index in [0.29, 0.717) is 5.56 Å². The van der Waals surface area contributed by atoms with Gasteiger partial charge in [-0.3, -0.25) is 4.79 Å². The molecule has 1 N–H and O–H groups in total. The smallest absolute Gasteiger partial charge is 0.335 e. The van der Waals surface area contributed by atoms with Gasteiger partial charge >= 0.3 is 5.97 Å². The molecule has 0 heterocycles. The van der Waals surface area contributed by atoms with E-state index in [4.69, 9.17) is 5.11 Å². The molecule has 0 unspecified atom stereocenters. The second-order valence-corrected chi connectivity index (χ2v) is 6.16. The summed E-state index contributed by atoms with van der Waals surface area (Å²) in [6, 6.07) is 2.49. The summed E-state index contributed by atoms with van der Waals surface area (Å²) in [6.45, 7) is 2.84. The van der Waals surface area contributed by atoms with E-state index in [2.05, 4.69) is 0 Å². The molecule has 0 aliphatic heterocycles. The van der Waals surface area contributed by atoms with E-state index in [0.717, 1.165) is 6.26 Å². The van der Waals surface area contributed by atoms with E-state index in [-0.39, 0.29) is 21.8 Å². The molecule has 0 radical (unpaired) electrons. The van der Waals surface area contributed by atoms with Crippen LogP contribution in [0.15, 0.2) is 23.1 Å². The van der Waals surface area contributed by atoms with Gasteiger partial charge in [-0.15, -0.1) is 0 Å². The van der Waals surface area contributed by atoms with Gasteiger partial charge in [0.05, 0.1) is 10.5 Å². The number of carboxylic acids is 1. The Kier molecular flexibility index (Phi) is 4.26. The van der Waals surface area contributed by atoms with Crippen molar-refractivity contribution in [3.05, 3.63) is 34.9 Å². The Hall–Kier alpha value is -1.95. The van der Waals surface area contributed by atoms with E-state index in [1.807, 2.05) is 0 Å². The molecule has 1 aromatic rings. The first-order valence-electron chi connectivity index (χ1n) is 5.40. The number of hydrogen-bond donors (Lipinski definition) is 1. The van der Waals surface area contributed by atoms with Crippen molar-refractivity contribution >= 4 is 27.7 Å². The molecule has 0 spiro atoms. The summed E-state index contributed by atoms with van der Waals surface area (Å²) in [7, 11) is -3.50. The number of hydrogen-bond acceptors (Lipinski definition) is 4. The molecule has 0 aliphatic rings. The third kappa shape index (κ3) is 3.51. The standard InChI is InChI=1S/C13H14O5S/c1-8(14)4-5-10-9(2)11(13(15)16)6-7-12(10)19(3,17)18/h4-7H,1-3H3,(H,15,16)/b5-4+. The molecule has 0 fully saturated rings. The van der Waals surface area contributed by atoms with Crippen LogP contribution >= 0.6 is 0 Å². The maximum absolute atomic E-state index is 11.7. The third-order valence-electron chi connectivity index (χ3n) is 2.59. The van der Waals surface area contributed by atoms with Gasteiger partial charge in [-0.1, -0.05) is 0 Å². The summed E-state index contributed by atoms with van der Waals surface area (Å²) in [5.74, 6) is -1.39. The minimum atomic E-state index is -3.50. The van der Waals surface area contributed by atoms with Gasteiger partial charge < -0.3 is 5.11 Å². The number of benzene rings is 1. The lowest BCUT2D eigenvalue weighted by Gasteiger charge is -2.10. The Bertz CT molecular complexity index is 669. The Balaban J connectivity index is 3.65. The molecule has 102 valence electrons. The first-order chi connectivity index (χ1) is 8.64. The van der Waals surface area contributed by atoms with Crippen molar-refractivity contribution in [2.45, 2.75) is 18.7 Å². The van der Waals surface area contributed by atoms with Crippen molar-refractivity contribution in [2.24, 2.45) is 0 Å². The lowest BCUT2D eigenvalue weighted by atomic mass is 10.0. The first-order valence-corrected chi connectivity index (χ1v) is 7.29. The van der Waals surface area contributed by atoms with E-state index in [1.165, 1.54) is 38.1 Å². The molecular weight excluding hydrogens is 268 g/mol. The lowest BCUT2D eigenvalue weighted by Crippen LogP contribution is -2.07. The number of carbonyl (C=O) groups excluding carboxylic acids is 1. The quantitative estimate of drug-likeness (QED) is 0.849. The van der Waals surface area contributed by atoms with Crippen molar-refractivity contribution in [1.29, 1.82) is 0 Å². The number of carbonyl (C=O) groups is 2. The molecule has 0 bridgehead atoms. The van der Waals surface area contributed by atoms with Gasteiger partial charge in [0.25, 0.3) is 0 Å². The number of ketones is 1. The van der Waals surface area contributed by atoms with Crippen molar-refractivity contribution in [3.63, 3.8) is 0 Å². The Morgan fingerprint density at radius 3 is 2.26 bits per heavy atom. The van der Waals surface area contributed by atoms with Crippen molar-refractivity contribution < 1.29 is 23.1 Å². The predicted molar refractivity (Wildman–Crippen MR) is 71.0 cm³/mol. The van der Waals surface area contributed by atoms with E-state index >= 15 is 0 Å². The molecule has 0 amide bonds. The summed E-state index contributed by atoms with van der Waals surface area (Å²) in [5.41, 5.74) is 0.557. The predicted octanol–water partition coefficient (Wildman–Crippen LogP) is 1.70. The number of sulfone groups is 1. The van der Waals surface area contributed by atoms with Gasteiger partial charge in [-0.2, -0.15) is 0 Å². The first kappa shape index (κ1) is 15.1. The van der Waals surface area contributed by atoms with Crippen LogP contribution in [0.1, 0.15) is 28.4 Å². The summed E-state index contributed by atoms with van der Waals surface area (Å²) < 4.78 is 23.3. The Labute approximate surface area is 111 Å². The fourth-order valence-corrected chi connectivity index (χ4v) is 2.60. The molecule has 0 aromatic heterocycles. The molecule has 6 heteroatoms. The molecule has 1 rings (SSSR count). The van der Waals surface area contributed by atoms with E-state index < -0.39 is 15.8 Å². The SMILES string of the molecule is CC(=O)/C=C/c1c(S(C)(=O)=O)ccc(C(=O)O)c1C. The van der Waals surface area contributed by atoms with Crippen LogP contribution < -0.4 is 0 Å². The average molecular weight is 282 g/mol. The van der Waals surface area contributed by atoms with E-state index in [9.17, 15) is 18.0 Å². The largest absolute Gasteiger partial charge is 0.478 e. The van der Waals surface area contributed by atoms with Gasteiger partial charge in [0, 0.05) is 6.26 Å². The van der Waals surface area contributed by atoms with Gasteiger partial charge in [0.2, 0.25) is 0 Å². The molecule has 5 nitrogen and oxygen atoms in total. The molecule has 1 aromatic carbocycles. The zero-order valence-electron chi connectivity index (χ0n) is 10.8. The molecule has 0 saturated carbocycles. The van der Waals surface area contributed by atoms with Crippen LogP contribution in [-0.2, 0) is 14.6 Å². The van der Waals surface area contributed by atoms with Crippen LogP contribution in [0.5, 0.6) is 0 Å². The fourth-order valence-electron chi connectivity index (χ4n) is 1.67. The Morgan fingerprint density at radius 2 is 1.84 bits per heavy atom. The van der Waals surface area contributed by atoms with Crippen molar-refractivity contribution in [1.82, 2.24) is 0 Å². The van der Waals surface area contributed by atoms with Crippen LogP contribution in [-0.4, -0.2) is 31.5 Å². The minimum Gasteiger partial charge on any atom is -0.478 e. The van der Waals surface area contributed by atoms with Crippen LogP contribution in [0.25, 0.3) is 6.08 Å². The summed E-state index contributed by atoms with van der Waals surface area (Å²) in [6.07, 6.45) is 3.58. The van der Waals surface area contributed by atoms with Crippen LogP contribution in [0.2, 0.25) is 0 Å². The zero-order valence-corrected chi connectivity index (χ0v) is 11.6. The number of rotatable bonds is 4. The van der Waals surface area contributed by atoms with Crippen LogP contribution in [0, 0.1) is 6.92 Å². The fraction of sp³-hybridized carbons (Fsp3) is 0.231. The second-order valence-electron chi connectivity index (χ2n) is 4.17. The highest BCUT2D eigenvalue weighted by molar-refractivity contribution is 7.90. The van der Waals surface area contributed by atoms with E-state index in [1.54, 1.807) is 0 Å². The Morgan fingerprint density at radius 1 is 1.26 bits per heavy atom. The molecular formula is C13H14O5S. The number of allylic oxidation sites excluding steroid dienone is 1. The summed E-state index contributed by atoms with van der Waals surface area (Å²) in [4.78, 5) is 22.0. The highest BCUT2D eigenvalue weighted by Gasteiger charge is 2.18. The molecule has 19 heavy (non-hydrogen) atoms. The second kappa shape index (κ2) is 5.36. The maximum Gasteiger partial charge on any atom is 0.335 e. The molecule has 0 saturated heterocycles. The number of carboxylic acid groups (broad SMARTS) is 1. The summed E-state index contributed by atoms with van der Waals surface area (Å²) in [5, 5.41) is 9.02. The van der Waals surface area contributed by atoms with Crippen LogP contribution in [0.4, 0.5) is 0 Å². The van der Waals surface area contributed by atoms with Crippen molar-refractivity contribution in [2.75, 3.05) is 6.26 Å². The zero-order chi connectivity index (χ0) is 14.8. The van der Waals surface area contributed by atoms with Crippen LogP contribution in [0.3, 0.4) is 0 Å². The normalized spacial score (nSPS) is 11.7. The van der Waals surface area contributed by atoms with Gasteiger partial charge in [0.15, 0.2) is 15.6 Å². The average Bonchev–Trinajstić information content (AvgIpc) is 2.24. The minimum absolute atomic E-state index is 0.00694. The molecule has 0 aliphatic carbocycles. The molecule has 0 atom stereocenters. The van der Waals surface area contributed by atoms with Gasteiger partial charge in [0.1, 0.15) is 0 Å². The highest BCUT2D eigenvalue weighted by Crippen LogP contribution is 2.24. The number of aromatic carboxylic acids is 1. The summed E-state index contributed by atoms with van der Waals surface area (Å²) >= 11 is 0. The maximum atomic E-state index is 11.7. The van der Waals surface area contributed by atoms with Crippen molar-refractivity contribution in [3.8, 4) is 0 Å². The highest BCUT2D eigenvalue weighted by atomic mass is 32.2. The third-order valence-corrected chi connectivity index (χ3v) is 3.74. The monoisotopic (exact) mass is 282 g/mol. The topological polar surface area (TPSA) is 88.5 Å². The van der Waals surface area contributed by atoms with Gasteiger partial charge in [-0.25, -0.2) is 13.2 Å². The lowest BCUT2D eigenvalue weighted by molar-refractivity contribution is -0.112.